The molecule has 0 radical (unpaired) electrons. The van der Waals surface area contributed by atoms with E-state index in [1.54, 1.807) is 12.5 Å². The molecule has 0 N–H and O–H groups in total. The van der Waals surface area contributed by atoms with E-state index < -0.39 is 0 Å². The molecule has 0 saturated heterocycles. The lowest BCUT2D eigenvalue weighted by Gasteiger charge is -2.03. The number of rotatable bonds is 6. The first-order valence-corrected chi connectivity index (χ1v) is 8.08. The highest BCUT2D eigenvalue weighted by molar-refractivity contribution is 5.88. The van der Waals surface area contributed by atoms with Crippen molar-refractivity contribution in [2.24, 2.45) is 0 Å². The summed E-state index contributed by atoms with van der Waals surface area (Å²) in [5.41, 5.74) is 5.59. The highest BCUT2D eigenvalue weighted by atomic mass is 16.5. The molecule has 0 aliphatic rings. The number of hydrogen-bond donors (Lipinski definition) is 0. The molecule has 0 aliphatic carbocycles. The molecule has 0 unspecified atom stereocenters. The van der Waals surface area contributed by atoms with Gasteiger partial charge in [0.1, 0.15) is 0 Å². The van der Waals surface area contributed by atoms with Gasteiger partial charge in [0.2, 0.25) is 0 Å². The van der Waals surface area contributed by atoms with E-state index in [1.807, 2.05) is 62.4 Å². The maximum Gasteiger partial charge on any atom is 0.0900 e. The highest BCUT2D eigenvalue weighted by Crippen LogP contribution is 2.19. The molecule has 0 amide bonds. The SMILES string of the molecule is CCOC=Cc1ccc2nc3cc(C=COCC)ccc3nc2c1. The molecule has 0 bridgehead atoms. The van der Waals surface area contributed by atoms with Crippen LogP contribution in [0.25, 0.3) is 34.2 Å². The van der Waals surface area contributed by atoms with Crippen LogP contribution in [0, 0.1) is 0 Å². The van der Waals surface area contributed by atoms with Crippen molar-refractivity contribution >= 4 is 34.2 Å². The lowest BCUT2D eigenvalue weighted by molar-refractivity contribution is 0.272. The number of hydrogen-bond acceptors (Lipinski definition) is 4. The second-order valence-corrected chi connectivity index (χ2v) is 5.24. The van der Waals surface area contributed by atoms with Gasteiger partial charge < -0.3 is 9.47 Å². The van der Waals surface area contributed by atoms with E-state index in [4.69, 9.17) is 19.4 Å². The van der Waals surface area contributed by atoms with Crippen LogP contribution in [-0.2, 0) is 9.47 Å². The van der Waals surface area contributed by atoms with E-state index in [0.717, 1.165) is 33.2 Å². The predicted molar refractivity (Wildman–Crippen MR) is 98.4 cm³/mol. The van der Waals surface area contributed by atoms with Gasteiger partial charge in [-0.15, -0.1) is 0 Å². The Labute approximate surface area is 141 Å². The van der Waals surface area contributed by atoms with E-state index in [0.29, 0.717) is 13.2 Å². The quantitative estimate of drug-likeness (QED) is 0.483. The molecule has 3 aromatic rings. The maximum atomic E-state index is 5.24. The van der Waals surface area contributed by atoms with Crippen molar-refractivity contribution in [3.63, 3.8) is 0 Å². The zero-order chi connectivity index (χ0) is 16.8. The standard InChI is InChI=1S/C20H20N2O2/c1-3-23-11-9-15-5-7-17-19(13-15)21-18-8-6-16(10-12-24-4-2)14-20(18)22-17/h5-14H,3-4H2,1-2H3. The molecule has 3 rings (SSSR count). The largest absolute Gasteiger partial charge is 0.501 e. The van der Waals surface area contributed by atoms with Gasteiger partial charge >= 0.3 is 0 Å². The summed E-state index contributed by atoms with van der Waals surface area (Å²) in [6.45, 7) is 5.24. The van der Waals surface area contributed by atoms with Gasteiger partial charge in [0, 0.05) is 0 Å². The molecule has 2 aromatic carbocycles. The van der Waals surface area contributed by atoms with Crippen LogP contribution in [0.4, 0.5) is 0 Å². The number of nitrogens with zero attached hydrogens (tertiary/aromatic N) is 2. The smallest absolute Gasteiger partial charge is 0.0900 e. The number of benzene rings is 2. The second-order valence-electron chi connectivity index (χ2n) is 5.24. The van der Waals surface area contributed by atoms with Crippen LogP contribution in [0.15, 0.2) is 48.9 Å². The van der Waals surface area contributed by atoms with Crippen LogP contribution >= 0.6 is 0 Å². The Hall–Kier alpha value is -2.88. The van der Waals surface area contributed by atoms with Crippen LogP contribution < -0.4 is 0 Å². The minimum Gasteiger partial charge on any atom is -0.501 e. The molecule has 0 saturated carbocycles. The van der Waals surface area contributed by atoms with Crippen molar-refractivity contribution in [3.05, 3.63) is 60.0 Å². The van der Waals surface area contributed by atoms with Gasteiger partial charge in [-0.25, -0.2) is 9.97 Å². The summed E-state index contributed by atoms with van der Waals surface area (Å²) in [7, 11) is 0. The summed E-state index contributed by atoms with van der Waals surface area (Å²) >= 11 is 0. The molecule has 4 heteroatoms. The predicted octanol–water partition coefficient (Wildman–Crippen LogP) is 4.80. The highest BCUT2D eigenvalue weighted by Gasteiger charge is 2.03. The number of fused-ring (bicyclic) bond motifs is 2. The van der Waals surface area contributed by atoms with E-state index >= 15 is 0 Å². The topological polar surface area (TPSA) is 44.2 Å². The van der Waals surface area contributed by atoms with Gasteiger partial charge in [0.25, 0.3) is 0 Å². The van der Waals surface area contributed by atoms with E-state index in [9.17, 15) is 0 Å². The Balaban J connectivity index is 1.96. The minimum absolute atomic E-state index is 0.661. The maximum absolute atomic E-state index is 5.24. The third-order valence-electron chi connectivity index (χ3n) is 3.53. The first kappa shape index (κ1) is 16.0. The van der Waals surface area contributed by atoms with Crippen LogP contribution in [0.5, 0.6) is 0 Å². The summed E-state index contributed by atoms with van der Waals surface area (Å²) in [5, 5.41) is 0. The summed E-state index contributed by atoms with van der Waals surface area (Å²) < 4.78 is 10.5. The lowest BCUT2D eigenvalue weighted by atomic mass is 10.1. The van der Waals surface area contributed by atoms with E-state index in [-0.39, 0.29) is 0 Å². The van der Waals surface area contributed by atoms with Crippen LogP contribution in [0.1, 0.15) is 25.0 Å². The van der Waals surface area contributed by atoms with Crippen LogP contribution in [-0.4, -0.2) is 23.2 Å². The lowest BCUT2D eigenvalue weighted by Crippen LogP contribution is -1.89. The molecule has 1 aromatic heterocycles. The Morgan fingerprint density at radius 2 is 1.17 bits per heavy atom. The molecule has 0 fully saturated rings. The monoisotopic (exact) mass is 320 g/mol. The van der Waals surface area contributed by atoms with Gasteiger partial charge in [-0.05, 0) is 61.4 Å². The molecule has 24 heavy (non-hydrogen) atoms. The van der Waals surface area contributed by atoms with Crippen molar-refractivity contribution < 1.29 is 9.47 Å². The fourth-order valence-electron chi connectivity index (χ4n) is 2.36. The third kappa shape index (κ3) is 3.71. The van der Waals surface area contributed by atoms with Crippen molar-refractivity contribution in [1.82, 2.24) is 9.97 Å². The summed E-state index contributed by atoms with van der Waals surface area (Å²) in [6, 6.07) is 12.0. The van der Waals surface area contributed by atoms with Crippen molar-refractivity contribution in [3.8, 4) is 0 Å². The van der Waals surface area contributed by atoms with E-state index in [1.165, 1.54) is 0 Å². The summed E-state index contributed by atoms with van der Waals surface area (Å²) in [4.78, 5) is 9.42. The van der Waals surface area contributed by atoms with Gasteiger partial charge in [-0.2, -0.15) is 0 Å². The van der Waals surface area contributed by atoms with Crippen LogP contribution in [0.3, 0.4) is 0 Å². The minimum atomic E-state index is 0.661. The molecule has 0 atom stereocenters. The van der Waals surface area contributed by atoms with Gasteiger partial charge in [0.15, 0.2) is 0 Å². The average Bonchev–Trinajstić information content (AvgIpc) is 2.60. The molecular formula is C20H20N2O2. The fraction of sp³-hybridized carbons (Fsp3) is 0.200. The van der Waals surface area contributed by atoms with E-state index in [2.05, 4.69) is 0 Å². The molecule has 0 aliphatic heterocycles. The normalized spacial score (nSPS) is 11.8. The van der Waals surface area contributed by atoms with Gasteiger partial charge in [0.05, 0.1) is 47.8 Å². The van der Waals surface area contributed by atoms with Crippen molar-refractivity contribution in [2.45, 2.75) is 13.8 Å². The summed E-state index contributed by atoms with van der Waals surface area (Å²) in [6.07, 6.45) is 7.26. The Morgan fingerprint density at radius 1 is 0.708 bits per heavy atom. The molecule has 0 spiro atoms. The Bertz CT molecular complexity index is 825. The number of aromatic nitrogens is 2. The number of ether oxygens (including phenoxy) is 2. The van der Waals surface area contributed by atoms with Gasteiger partial charge in [-0.3, -0.25) is 0 Å². The first-order chi connectivity index (χ1) is 11.8. The van der Waals surface area contributed by atoms with Gasteiger partial charge in [-0.1, -0.05) is 12.1 Å². The molecular weight excluding hydrogens is 300 g/mol. The average molecular weight is 320 g/mol. The summed E-state index contributed by atoms with van der Waals surface area (Å²) in [5.74, 6) is 0. The first-order valence-electron chi connectivity index (χ1n) is 8.08. The molecule has 122 valence electrons. The fourth-order valence-corrected chi connectivity index (χ4v) is 2.36. The zero-order valence-electron chi connectivity index (χ0n) is 13.9. The molecule has 4 nitrogen and oxygen atoms in total. The Kier molecular flexibility index (Phi) is 5.06. The zero-order valence-corrected chi connectivity index (χ0v) is 13.9. The third-order valence-corrected chi connectivity index (χ3v) is 3.53. The second kappa shape index (κ2) is 7.59. The molecule has 1 heterocycles. The van der Waals surface area contributed by atoms with Crippen LogP contribution in [0.2, 0.25) is 0 Å². The van der Waals surface area contributed by atoms with Crippen molar-refractivity contribution in [2.75, 3.05) is 13.2 Å². The Morgan fingerprint density at radius 3 is 1.58 bits per heavy atom. The van der Waals surface area contributed by atoms with Crippen molar-refractivity contribution in [1.29, 1.82) is 0 Å².